The topological polar surface area (TPSA) is 87.6 Å². The molecule has 160 valence electrons. The van der Waals surface area contributed by atoms with Crippen LogP contribution in [0.3, 0.4) is 0 Å². The van der Waals surface area contributed by atoms with Crippen molar-refractivity contribution in [1.29, 1.82) is 0 Å². The van der Waals surface area contributed by atoms with Crippen LogP contribution in [0, 0.1) is 0 Å². The molecule has 0 aliphatic carbocycles. The number of anilines is 2. The summed E-state index contributed by atoms with van der Waals surface area (Å²) in [6, 6.07) is 23.8. The van der Waals surface area contributed by atoms with Gasteiger partial charge in [-0.2, -0.15) is 0 Å². The molecule has 0 saturated carbocycles. The molecule has 7 heteroatoms. The number of carbonyl (C=O) groups is 1. The molecular weight excluding hydrogens is 447 g/mol. The van der Waals surface area contributed by atoms with E-state index >= 15 is 0 Å². The average molecular weight is 465 g/mol. The molecule has 0 heterocycles. The largest absolute Gasteiger partial charge is 0.457 e. The average Bonchev–Trinajstić information content (AvgIpc) is 2.79. The van der Waals surface area contributed by atoms with Crippen LogP contribution in [-0.4, -0.2) is 5.78 Å². The summed E-state index contributed by atoms with van der Waals surface area (Å²) in [5.74, 6) is 2.15. The van der Waals surface area contributed by atoms with Crippen LogP contribution in [0.15, 0.2) is 84.9 Å². The fourth-order valence-electron chi connectivity index (χ4n) is 2.93. The van der Waals surface area contributed by atoms with Crippen LogP contribution in [0.5, 0.6) is 23.0 Å². The molecular formula is C25H18Cl2N2O3. The maximum atomic E-state index is 12.8. The number of ether oxygens (including phenoxy) is 2. The van der Waals surface area contributed by atoms with Crippen LogP contribution >= 0.6 is 23.2 Å². The molecule has 4 N–H and O–H groups in total. The van der Waals surface area contributed by atoms with E-state index in [0.29, 0.717) is 55.5 Å². The third kappa shape index (κ3) is 4.97. The van der Waals surface area contributed by atoms with E-state index in [0.717, 1.165) is 0 Å². The lowest BCUT2D eigenvalue weighted by atomic mass is 10.0. The Bertz CT molecular complexity index is 1170. The number of carbonyl (C=O) groups excluding carboxylic acids is 1. The summed E-state index contributed by atoms with van der Waals surface area (Å²) in [5.41, 5.74) is 13.4. The number of hydrogen-bond donors (Lipinski definition) is 2. The second-order valence-electron chi connectivity index (χ2n) is 6.95. The molecule has 4 aromatic rings. The van der Waals surface area contributed by atoms with E-state index in [2.05, 4.69) is 0 Å². The van der Waals surface area contributed by atoms with Gasteiger partial charge in [-0.05, 0) is 72.8 Å². The fourth-order valence-corrected chi connectivity index (χ4v) is 3.27. The van der Waals surface area contributed by atoms with E-state index in [9.17, 15) is 4.79 Å². The number of ketones is 1. The highest BCUT2D eigenvalue weighted by Crippen LogP contribution is 2.30. The maximum absolute atomic E-state index is 12.8. The van der Waals surface area contributed by atoms with Crippen LogP contribution in [0.2, 0.25) is 10.0 Å². The first kappa shape index (κ1) is 21.6. The lowest BCUT2D eigenvalue weighted by molar-refractivity contribution is 0.103. The second-order valence-corrected chi connectivity index (χ2v) is 7.76. The van der Waals surface area contributed by atoms with E-state index in [1.54, 1.807) is 84.9 Å². The summed E-state index contributed by atoms with van der Waals surface area (Å²) in [7, 11) is 0. The summed E-state index contributed by atoms with van der Waals surface area (Å²) in [5, 5.41) is 0.836. The van der Waals surface area contributed by atoms with Gasteiger partial charge in [-0.25, -0.2) is 0 Å². The summed E-state index contributed by atoms with van der Waals surface area (Å²) in [6.45, 7) is 0. The molecule has 0 aliphatic rings. The molecule has 0 aliphatic heterocycles. The van der Waals surface area contributed by atoms with Gasteiger partial charge in [-0.3, -0.25) is 4.79 Å². The Morgan fingerprint density at radius 3 is 1.25 bits per heavy atom. The zero-order valence-corrected chi connectivity index (χ0v) is 18.2. The molecule has 4 rings (SSSR count). The second kappa shape index (κ2) is 9.22. The standard InChI is InChI=1S/C25H18Cl2N2O3/c26-21-13-19(9-11-23(21)28)31-17-5-1-15(2-6-17)25(30)16-3-7-18(8-4-16)32-20-10-12-24(29)22(27)14-20/h1-14H,28-29H2. The molecule has 0 bridgehead atoms. The fraction of sp³-hybridized carbons (Fsp3) is 0. The number of hydrogen-bond acceptors (Lipinski definition) is 5. The van der Waals surface area contributed by atoms with Gasteiger partial charge in [0.05, 0.1) is 21.4 Å². The molecule has 0 fully saturated rings. The number of nitrogen functional groups attached to an aromatic ring is 2. The van der Waals surface area contributed by atoms with Crippen LogP contribution in [0.1, 0.15) is 15.9 Å². The Labute approximate surface area is 195 Å². The van der Waals surface area contributed by atoms with E-state index in [1.807, 2.05) is 0 Å². The number of nitrogens with two attached hydrogens (primary N) is 2. The van der Waals surface area contributed by atoms with E-state index in [4.69, 9.17) is 44.1 Å². The smallest absolute Gasteiger partial charge is 0.193 e. The normalized spacial score (nSPS) is 10.6. The summed E-state index contributed by atoms with van der Waals surface area (Å²) >= 11 is 12.0. The van der Waals surface area contributed by atoms with Crippen molar-refractivity contribution >= 4 is 40.4 Å². The first-order valence-electron chi connectivity index (χ1n) is 9.59. The van der Waals surface area contributed by atoms with E-state index < -0.39 is 0 Å². The van der Waals surface area contributed by atoms with Crippen molar-refractivity contribution in [2.24, 2.45) is 0 Å². The lowest BCUT2D eigenvalue weighted by Crippen LogP contribution is -2.01. The molecule has 0 aromatic heterocycles. The van der Waals surface area contributed by atoms with Gasteiger partial charge >= 0.3 is 0 Å². The van der Waals surface area contributed by atoms with Crippen molar-refractivity contribution in [3.63, 3.8) is 0 Å². The minimum Gasteiger partial charge on any atom is -0.457 e. The summed E-state index contributed by atoms with van der Waals surface area (Å²) in [6.07, 6.45) is 0. The maximum Gasteiger partial charge on any atom is 0.193 e. The third-order valence-electron chi connectivity index (χ3n) is 4.65. The molecule has 32 heavy (non-hydrogen) atoms. The minimum absolute atomic E-state index is 0.117. The molecule has 0 saturated heterocycles. The van der Waals surface area contributed by atoms with Gasteiger partial charge in [-0.15, -0.1) is 0 Å². The highest BCUT2D eigenvalue weighted by molar-refractivity contribution is 6.33. The van der Waals surface area contributed by atoms with Gasteiger partial charge < -0.3 is 20.9 Å². The van der Waals surface area contributed by atoms with Gasteiger partial charge in [0.25, 0.3) is 0 Å². The lowest BCUT2D eigenvalue weighted by Gasteiger charge is -2.09. The first-order valence-corrected chi connectivity index (χ1v) is 10.4. The number of halogens is 2. The zero-order valence-electron chi connectivity index (χ0n) is 16.7. The molecule has 0 unspecified atom stereocenters. The van der Waals surface area contributed by atoms with Crippen molar-refractivity contribution in [3.05, 3.63) is 106 Å². The Kier molecular flexibility index (Phi) is 6.21. The van der Waals surface area contributed by atoms with Crippen molar-refractivity contribution in [2.75, 3.05) is 11.5 Å². The van der Waals surface area contributed by atoms with E-state index in [1.165, 1.54) is 0 Å². The highest BCUT2D eigenvalue weighted by atomic mass is 35.5. The van der Waals surface area contributed by atoms with Crippen molar-refractivity contribution < 1.29 is 14.3 Å². The third-order valence-corrected chi connectivity index (χ3v) is 5.30. The Hall–Kier alpha value is -3.67. The highest BCUT2D eigenvalue weighted by Gasteiger charge is 2.10. The molecule has 5 nitrogen and oxygen atoms in total. The van der Waals surface area contributed by atoms with Crippen LogP contribution < -0.4 is 20.9 Å². The van der Waals surface area contributed by atoms with Crippen molar-refractivity contribution in [2.45, 2.75) is 0 Å². The van der Waals surface area contributed by atoms with Gasteiger partial charge in [0.2, 0.25) is 0 Å². The SMILES string of the molecule is Nc1ccc(Oc2ccc(C(=O)c3ccc(Oc4ccc(N)c(Cl)c4)cc3)cc2)cc1Cl. The predicted molar refractivity (Wildman–Crippen MR) is 128 cm³/mol. The number of benzene rings is 4. The Balaban J connectivity index is 1.43. The van der Waals surface area contributed by atoms with Gasteiger partial charge in [0.1, 0.15) is 23.0 Å². The van der Waals surface area contributed by atoms with Crippen molar-refractivity contribution in [3.8, 4) is 23.0 Å². The molecule has 4 aromatic carbocycles. The van der Waals surface area contributed by atoms with Gasteiger partial charge in [0.15, 0.2) is 5.78 Å². The predicted octanol–water partition coefficient (Wildman–Crippen LogP) is 6.97. The first-order chi connectivity index (χ1) is 15.4. The van der Waals surface area contributed by atoms with Crippen LogP contribution in [0.25, 0.3) is 0 Å². The molecule has 0 atom stereocenters. The Morgan fingerprint density at radius 2 is 0.906 bits per heavy atom. The quantitative estimate of drug-likeness (QED) is 0.237. The molecule has 0 radical (unpaired) electrons. The zero-order chi connectivity index (χ0) is 22.7. The number of rotatable bonds is 6. The molecule has 0 amide bonds. The van der Waals surface area contributed by atoms with Gasteiger partial charge in [0, 0.05) is 23.3 Å². The van der Waals surface area contributed by atoms with Gasteiger partial charge in [-0.1, -0.05) is 23.2 Å². The summed E-state index contributed by atoms with van der Waals surface area (Å²) in [4.78, 5) is 12.8. The minimum atomic E-state index is -0.117. The monoisotopic (exact) mass is 464 g/mol. The van der Waals surface area contributed by atoms with Crippen LogP contribution in [0.4, 0.5) is 11.4 Å². The van der Waals surface area contributed by atoms with E-state index in [-0.39, 0.29) is 5.78 Å². The van der Waals surface area contributed by atoms with Crippen LogP contribution in [-0.2, 0) is 0 Å². The van der Waals surface area contributed by atoms with Crippen molar-refractivity contribution in [1.82, 2.24) is 0 Å². The molecule has 0 spiro atoms. The Morgan fingerprint density at radius 1 is 0.562 bits per heavy atom. The summed E-state index contributed by atoms with van der Waals surface area (Å²) < 4.78 is 11.5.